The van der Waals surface area contributed by atoms with Crippen molar-refractivity contribution in [3.63, 3.8) is 0 Å². The first-order valence-corrected chi connectivity index (χ1v) is 6.67. The van der Waals surface area contributed by atoms with E-state index in [1.165, 1.54) is 12.1 Å². The molecule has 0 aliphatic heterocycles. The molecule has 0 radical (unpaired) electrons. The quantitative estimate of drug-likeness (QED) is 0.939. The summed E-state index contributed by atoms with van der Waals surface area (Å²) in [5.41, 5.74) is 7.41. The number of ether oxygens (including phenoxy) is 1. The average molecular weight is 328 g/mol. The number of nitrogens with zero attached hydrogens (tertiary/aromatic N) is 2. The Morgan fingerprint density at radius 2 is 2.16 bits per heavy atom. The Balaban J connectivity index is 2.37. The van der Waals surface area contributed by atoms with Gasteiger partial charge in [0.05, 0.1) is 5.69 Å². The van der Waals surface area contributed by atoms with Gasteiger partial charge in [-0.05, 0) is 32.0 Å². The molecule has 2 aromatic rings. The van der Waals surface area contributed by atoms with Crippen molar-refractivity contribution < 1.29 is 9.13 Å². The molecule has 0 saturated carbocycles. The van der Waals surface area contributed by atoms with Crippen molar-refractivity contribution in [3.8, 4) is 11.6 Å². The predicted molar refractivity (Wildman–Crippen MR) is 74.9 cm³/mol. The molecule has 2 rings (SSSR count). The van der Waals surface area contributed by atoms with Gasteiger partial charge >= 0.3 is 0 Å². The first kappa shape index (κ1) is 14.0. The second kappa shape index (κ2) is 5.71. The monoisotopic (exact) mass is 327 g/mol. The molecule has 0 saturated heterocycles. The maximum Gasteiger partial charge on any atom is 0.221 e. The Labute approximate surface area is 119 Å². The number of hydrogen-bond acceptors (Lipinski definition) is 3. The molecule has 0 aliphatic carbocycles. The summed E-state index contributed by atoms with van der Waals surface area (Å²) < 4.78 is 21.3. The number of rotatable bonds is 4. The highest BCUT2D eigenvalue weighted by Gasteiger charge is 2.15. The van der Waals surface area contributed by atoms with Crippen molar-refractivity contribution in [2.45, 2.75) is 13.3 Å². The van der Waals surface area contributed by atoms with Crippen LogP contribution in [0, 0.1) is 12.7 Å². The lowest BCUT2D eigenvalue weighted by molar-refractivity contribution is 0.422. The van der Waals surface area contributed by atoms with E-state index in [0.29, 0.717) is 29.1 Å². The SMILES string of the molecule is Cc1nn(C)c(Oc2cc(F)cc(Br)c2)c1CCN. The van der Waals surface area contributed by atoms with E-state index < -0.39 is 0 Å². The molecule has 0 amide bonds. The summed E-state index contributed by atoms with van der Waals surface area (Å²) in [6.07, 6.45) is 0.672. The van der Waals surface area contributed by atoms with E-state index >= 15 is 0 Å². The number of benzene rings is 1. The van der Waals surface area contributed by atoms with E-state index in [1.54, 1.807) is 17.8 Å². The fourth-order valence-corrected chi connectivity index (χ4v) is 2.38. The van der Waals surface area contributed by atoms with Gasteiger partial charge in [0, 0.05) is 23.2 Å². The van der Waals surface area contributed by atoms with Crippen LogP contribution in [-0.2, 0) is 13.5 Å². The Bertz CT molecular complexity index is 578. The van der Waals surface area contributed by atoms with Gasteiger partial charge in [0.2, 0.25) is 5.88 Å². The number of aromatic nitrogens is 2. The molecule has 0 atom stereocenters. The van der Waals surface area contributed by atoms with Crippen LogP contribution in [0.2, 0.25) is 0 Å². The van der Waals surface area contributed by atoms with Crippen LogP contribution in [0.25, 0.3) is 0 Å². The molecule has 1 heterocycles. The highest BCUT2D eigenvalue weighted by Crippen LogP contribution is 2.29. The summed E-state index contributed by atoms with van der Waals surface area (Å²) in [6.45, 7) is 2.41. The lowest BCUT2D eigenvalue weighted by Gasteiger charge is -2.09. The van der Waals surface area contributed by atoms with Crippen molar-refractivity contribution >= 4 is 15.9 Å². The van der Waals surface area contributed by atoms with Crippen molar-refractivity contribution in [2.75, 3.05) is 6.54 Å². The molecule has 19 heavy (non-hydrogen) atoms. The van der Waals surface area contributed by atoms with Gasteiger partial charge in [0.25, 0.3) is 0 Å². The molecule has 0 bridgehead atoms. The number of hydrogen-bond donors (Lipinski definition) is 1. The molecule has 6 heteroatoms. The van der Waals surface area contributed by atoms with Crippen LogP contribution in [0.5, 0.6) is 11.6 Å². The third-order valence-electron chi connectivity index (χ3n) is 2.73. The van der Waals surface area contributed by atoms with Crippen LogP contribution in [0.15, 0.2) is 22.7 Å². The molecule has 0 unspecified atom stereocenters. The topological polar surface area (TPSA) is 53.1 Å². The summed E-state index contributed by atoms with van der Waals surface area (Å²) in [4.78, 5) is 0. The number of halogens is 2. The van der Waals surface area contributed by atoms with Crippen LogP contribution < -0.4 is 10.5 Å². The van der Waals surface area contributed by atoms with Crippen molar-refractivity contribution in [1.29, 1.82) is 0 Å². The van der Waals surface area contributed by atoms with Gasteiger partial charge in [0.15, 0.2) is 0 Å². The average Bonchev–Trinajstić information content (AvgIpc) is 2.55. The van der Waals surface area contributed by atoms with Crippen LogP contribution in [-0.4, -0.2) is 16.3 Å². The van der Waals surface area contributed by atoms with Gasteiger partial charge < -0.3 is 10.5 Å². The first-order chi connectivity index (χ1) is 9.01. The maximum absolute atomic E-state index is 13.3. The van der Waals surface area contributed by atoms with Crippen LogP contribution in [0.4, 0.5) is 4.39 Å². The van der Waals surface area contributed by atoms with Gasteiger partial charge in [-0.2, -0.15) is 5.10 Å². The van der Waals surface area contributed by atoms with Gasteiger partial charge in [-0.3, -0.25) is 0 Å². The molecule has 0 spiro atoms. The van der Waals surface area contributed by atoms with Gasteiger partial charge in [-0.1, -0.05) is 15.9 Å². The summed E-state index contributed by atoms with van der Waals surface area (Å²) in [5.74, 6) is 0.664. The summed E-state index contributed by atoms with van der Waals surface area (Å²) in [5, 5.41) is 4.30. The van der Waals surface area contributed by atoms with E-state index in [2.05, 4.69) is 21.0 Å². The Morgan fingerprint density at radius 3 is 2.79 bits per heavy atom. The molecule has 1 aromatic heterocycles. The van der Waals surface area contributed by atoms with Crippen LogP contribution in [0.1, 0.15) is 11.3 Å². The standard InChI is InChI=1S/C13H15BrFN3O/c1-8-12(3-4-16)13(18(2)17-8)19-11-6-9(14)5-10(15)7-11/h5-7H,3-4,16H2,1-2H3. The van der Waals surface area contributed by atoms with Crippen molar-refractivity contribution in [2.24, 2.45) is 12.8 Å². The van der Waals surface area contributed by atoms with Gasteiger partial charge in [-0.15, -0.1) is 0 Å². The highest BCUT2D eigenvalue weighted by molar-refractivity contribution is 9.10. The molecule has 0 aliphatic rings. The molecule has 0 fully saturated rings. The van der Waals surface area contributed by atoms with E-state index in [1.807, 2.05) is 6.92 Å². The summed E-state index contributed by atoms with van der Waals surface area (Å²) in [6, 6.07) is 4.42. The second-order valence-electron chi connectivity index (χ2n) is 4.24. The number of nitrogens with two attached hydrogens (primary N) is 1. The zero-order chi connectivity index (χ0) is 14.0. The third kappa shape index (κ3) is 3.13. The van der Waals surface area contributed by atoms with Gasteiger partial charge in [0.1, 0.15) is 11.6 Å². The zero-order valence-corrected chi connectivity index (χ0v) is 12.4. The van der Waals surface area contributed by atoms with Crippen LogP contribution in [0.3, 0.4) is 0 Å². The second-order valence-corrected chi connectivity index (χ2v) is 5.15. The minimum absolute atomic E-state index is 0.358. The minimum Gasteiger partial charge on any atom is -0.439 e. The van der Waals surface area contributed by atoms with E-state index in [0.717, 1.165) is 11.3 Å². The third-order valence-corrected chi connectivity index (χ3v) is 3.19. The van der Waals surface area contributed by atoms with E-state index in [-0.39, 0.29) is 5.82 Å². The van der Waals surface area contributed by atoms with E-state index in [4.69, 9.17) is 10.5 Å². The smallest absolute Gasteiger partial charge is 0.221 e. The summed E-state index contributed by atoms with van der Waals surface area (Å²) >= 11 is 3.24. The molecule has 2 N–H and O–H groups in total. The highest BCUT2D eigenvalue weighted by atomic mass is 79.9. The predicted octanol–water partition coefficient (Wildman–Crippen LogP) is 2.92. The largest absolute Gasteiger partial charge is 0.439 e. The molecule has 1 aromatic carbocycles. The molecule has 4 nitrogen and oxygen atoms in total. The van der Waals surface area contributed by atoms with Crippen molar-refractivity contribution in [1.82, 2.24) is 9.78 Å². The van der Waals surface area contributed by atoms with E-state index in [9.17, 15) is 4.39 Å². The molecular weight excluding hydrogens is 313 g/mol. The van der Waals surface area contributed by atoms with Gasteiger partial charge in [-0.25, -0.2) is 9.07 Å². The lowest BCUT2D eigenvalue weighted by atomic mass is 10.2. The van der Waals surface area contributed by atoms with Crippen molar-refractivity contribution in [3.05, 3.63) is 39.7 Å². The minimum atomic E-state index is -0.358. The molecule has 102 valence electrons. The fraction of sp³-hybridized carbons (Fsp3) is 0.308. The number of aryl methyl sites for hydroxylation is 2. The Morgan fingerprint density at radius 1 is 1.42 bits per heavy atom. The van der Waals surface area contributed by atoms with Crippen LogP contribution >= 0.6 is 15.9 Å². The zero-order valence-electron chi connectivity index (χ0n) is 10.8. The normalized spacial score (nSPS) is 10.8. The lowest BCUT2D eigenvalue weighted by Crippen LogP contribution is -2.05. The fourth-order valence-electron chi connectivity index (χ4n) is 1.94. The Hall–Kier alpha value is -1.40. The Kier molecular flexibility index (Phi) is 4.21. The molecular formula is C13H15BrFN3O. The summed E-state index contributed by atoms with van der Waals surface area (Å²) in [7, 11) is 1.79. The first-order valence-electron chi connectivity index (χ1n) is 5.87. The maximum atomic E-state index is 13.3.